The number of rotatable bonds is 1. The van der Waals surface area contributed by atoms with Crippen molar-refractivity contribution in [3.63, 3.8) is 0 Å². The first-order chi connectivity index (χ1) is 5.92. The van der Waals surface area contributed by atoms with Crippen molar-refractivity contribution in [2.75, 3.05) is 13.7 Å². The van der Waals surface area contributed by atoms with Gasteiger partial charge in [-0.05, 0) is 26.0 Å². The molecule has 1 heterocycles. The van der Waals surface area contributed by atoms with Gasteiger partial charge in [-0.2, -0.15) is 0 Å². The first-order valence-electron chi connectivity index (χ1n) is 4.58. The molecule has 0 bridgehead atoms. The van der Waals surface area contributed by atoms with Crippen LogP contribution in [-0.2, 0) is 4.74 Å². The highest BCUT2D eigenvalue weighted by Crippen LogP contribution is 2.30. The fourth-order valence-corrected chi connectivity index (χ4v) is 2.00. The molecule has 1 N–H and O–H groups in total. The number of allylic oxidation sites excluding steroid dienone is 3. The summed E-state index contributed by atoms with van der Waals surface area (Å²) in [6.45, 7) is 0.863. The van der Waals surface area contributed by atoms with Crippen LogP contribution in [-0.4, -0.2) is 19.7 Å². The van der Waals surface area contributed by atoms with E-state index in [9.17, 15) is 0 Å². The molecule has 0 amide bonds. The van der Waals surface area contributed by atoms with Gasteiger partial charge < -0.3 is 10.1 Å². The van der Waals surface area contributed by atoms with Gasteiger partial charge in [-0.15, -0.1) is 0 Å². The lowest BCUT2D eigenvalue weighted by Crippen LogP contribution is -2.40. The van der Waals surface area contributed by atoms with Crippen molar-refractivity contribution in [2.24, 2.45) is 5.92 Å². The van der Waals surface area contributed by atoms with Crippen molar-refractivity contribution in [3.8, 4) is 0 Å². The van der Waals surface area contributed by atoms with Crippen LogP contribution in [0.15, 0.2) is 24.0 Å². The Morgan fingerprint density at radius 1 is 1.58 bits per heavy atom. The molecule has 0 aromatic carbocycles. The molecule has 2 nitrogen and oxygen atoms in total. The monoisotopic (exact) mass is 165 g/mol. The minimum Gasteiger partial charge on any atom is -0.498 e. The van der Waals surface area contributed by atoms with E-state index >= 15 is 0 Å². The number of nitrogens with one attached hydrogen (secondary N) is 1. The van der Waals surface area contributed by atoms with E-state index in [2.05, 4.69) is 23.5 Å². The number of ether oxygens (including phenoxy) is 1. The molecule has 0 radical (unpaired) electrons. The van der Waals surface area contributed by atoms with Crippen LogP contribution >= 0.6 is 0 Å². The Bertz CT molecular complexity index is 220. The van der Waals surface area contributed by atoms with Crippen molar-refractivity contribution in [1.82, 2.24) is 5.32 Å². The third-order valence-corrected chi connectivity index (χ3v) is 2.71. The zero-order valence-electron chi connectivity index (χ0n) is 7.42. The molecule has 1 saturated heterocycles. The third-order valence-electron chi connectivity index (χ3n) is 2.71. The number of hydrogen-bond donors (Lipinski definition) is 1. The Morgan fingerprint density at radius 2 is 2.50 bits per heavy atom. The van der Waals surface area contributed by atoms with Crippen LogP contribution in [0.3, 0.4) is 0 Å². The molecule has 12 heavy (non-hydrogen) atoms. The topological polar surface area (TPSA) is 21.3 Å². The molecule has 1 fully saturated rings. The van der Waals surface area contributed by atoms with Gasteiger partial charge >= 0.3 is 0 Å². The lowest BCUT2D eigenvalue weighted by Gasteiger charge is -2.34. The predicted molar refractivity (Wildman–Crippen MR) is 48.7 cm³/mol. The largest absolute Gasteiger partial charge is 0.498 e. The van der Waals surface area contributed by atoms with Crippen LogP contribution in [0, 0.1) is 5.92 Å². The molecule has 0 saturated carbocycles. The van der Waals surface area contributed by atoms with Crippen molar-refractivity contribution >= 4 is 0 Å². The van der Waals surface area contributed by atoms with E-state index in [4.69, 9.17) is 4.74 Å². The first kappa shape index (κ1) is 7.87. The molecule has 0 spiro atoms. The van der Waals surface area contributed by atoms with E-state index in [0.29, 0.717) is 12.0 Å². The van der Waals surface area contributed by atoms with Crippen LogP contribution < -0.4 is 5.32 Å². The van der Waals surface area contributed by atoms with Crippen LogP contribution in [0.4, 0.5) is 0 Å². The highest BCUT2D eigenvalue weighted by molar-refractivity contribution is 5.19. The average Bonchev–Trinajstić information content (AvgIpc) is 2.17. The van der Waals surface area contributed by atoms with Crippen molar-refractivity contribution in [1.29, 1.82) is 0 Å². The van der Waals surface area contributed by atoms with Crippen LogP contribution in [0.1, 0.15) is 12.8 Å². The lowest BCUT2D eigenvalue weighted by atomic mass is 9.87. The molecule has 2 atom stereocenters. The van der Waals surface area contributed by atoms with Gasteiger partial charge in [0.05, 0.1) is 6.61 Å². The fourth-order valence-electron chi connectivity index (χ4n) is 2.00. The Morgan fingerprint density at radius 3 is 3.33 bits per heavy atom. The van der Waals surface area contributed by atoms with Gasteiger partial charge in [-0.25, -0.2) is 0 Å². The van der Waals surface area contributed by atoms with E-state index in [1.165, 1.54) is 5.76 Å². The van der Waals surface area contributed by atoms with E-state index < -0.39 is 0 Å². The second-order valence-electron chi connectivity index (χ2n) is 3.37. The molecule has 2 heteroatoms. The Kier molecular flexibility index (Phi) is 2.17. The standard InChI is InChI=1S/C10H15NO/c1-11-9-6-7-12-10-5-3-2-4-8(9)10/h2-3,5,8-9,11H,4,6-7H2,1H3. The normalized spacial score (nSPS) is 33.6. The zero-order valence-corrected chi connectivity index (χ0v) is 7.42. The van der Waals surface area contributed by atoms with E-state index in [0.717, 1.165) is 19.4 Å². The Balaban J connectivity index is 2.14. The molecule has 1 aliphatic heterocycles. The summed E-state index contributed by atoms with van der Waals surface area (Å²) in [5.74, 6) is 1.75. The Hall–Kier alpha value is -0.760. The summed E-state index contributed by atoms with van der Waals surface area (Å²) >= 11 is 0. The van der Waals surface area contributed by atoms with Gasteiger partial charge in [0.15, 0.2) is 0 Å². The molecule has 2 rings (SSSR count). The van der Waals surface area contributed by atoms with Gasteiger partial charge in [0, 0.05) is 12.0 Å². The quantitative estimate of drug-likeness (QED) is 0.635. The average molecular weight is 165 g/mol. The maximum Gasteiger partial charge on any atom is 0.101 e. The predicted octanol–water partition coefficient (Wildman–Crippen LogP) is 1.45. The summed E-state index contributed by atoms with van der Waals surface area (Å²) in [5, 5.41) is 3.35. The zero-order chi connectivity index (χ0) is 8.39. The van der Waals surface area contributed by atoms with Crippen LogP contribution in [0.2, 0.25) is 0 Å². The van der Waals surface area contributed by atoms with Gasteiger partial charge in [0.2, 0.25) is 0 Å². The van der Waals surface area contributed by atoms with Crippen molar-refractivity contribution in [3.05, 3.63) is 24.0 Å². The van der Waals surface area contributed by atoms with Crippen LogP contribution in [0.5, 0.6) is 0 Å². The second-order valence-corrected chi connectivity index (χ2v) is 3.37. The number of hydrogen-bond acceptors (Lipinski definition) is 2. The van der Waals surface area contributed by atoms with Crippen molar-refractivity contribution in [2.45, 2.75) is 18.9 Å². The van der Waals surface area contributed by atoms with Gasteiger partial charge in [0.25, 0.3) is 0 Å². The molecule has 0 aromatic rings. The minimum atomic E-state index is 0.578. The first-order valence-corrected chi connectivity index (χ1v) is 4.58. The van der Waals surface area contributed by atoms with Gasteiger partial charge in [-0.1, -0.05) is 12.2 Å². The van der Waals surface area contributed by atoms with Gasteiger partial charge in [-0.3, -0.25) is 0 Å². The summed E-state index contributed by atoms with van der Waals surface area (Å²) in [5.41, 5.74) is 0. The highest BCUT2D eigenvalue weighted by atomic mass is 16.5. The smallest absolute Gasteiger partial charge is 0.101 e. The SMILES string of the molecule is CNC1CCOC2=CC=CCC21. The molecule has 2 unspecified atom stereocenters. The number of fused-ring (bicyclic) bond motifs is 1. The molecule has 0 aromatic heterocycles. The molecule has 1 aliphatic carbocycles. The fraction of sp³-hybridized carbons (Fsp3) is 0.600. The van der Waals surface area contributed by atoms with E-state index in [1.807, 2.05) is 7.05 Å². The summed E-state index contributed by atoms with van der Waals surface area (Å²) < 4.78 is 5.58. The third kappa shape index (κ3) is 1.27. The van der Waals surface area contributed by atoms with E-state index in [-0.39, 0.29) is 0 Å². The summed E-state index contributed by atoms with van der Waals surface area (Å²) in [4.78, 5) is 0. The van der Waals surface area contributed by atoms with Gasteiger partial charge in [0.1, 0.15) is 5.76 Å². The molecule has 66 valence electrons. The van der Waals surface area contributed by atoms with Crippen molar-refractivity contribution < 1.29 is 4.74 Å². The maximum absolute atomic E-state index is 5.58. The van der Waals surface area contributed by atoms with E-state index in [1.54, 1.807) is 0 Å². The summed E-state index contributed by atoms with van der Waals surface area (Å²) in [7, 11) is 2.03. The molecular formula is C10H15NO. The summed E-state index contributed by atoms with van der Waals surface area (Å²) in [6, 6.07) is 0.606. The highest BCUT2D eigenvalue weighted by Gasteiger charge is 2.29. The maximum atomic E-state index is 5.58. The summed E-state index contributed by atoms with van der Waals surface area (Å²) in [6.07, 6.45) is 8.65. The second kappa shape index (κ2) is 3.31. The lowest BCUT2D eigenvalue weighted by molar-refractivity contribution is 0.102. The minimum absolute atomic E-state index is 0.578. The molecule has 2 aliphatic rings. The molecular weight excluding hydrogens is 150 g/mol. The Labute approximate surface area is 73.3 Å². The van der Waals surface area contributed by atoms with Crippen LogP contribution in [0.25, 0.3) is 0 Å².